The van der Waals surface area contributed by atoms with Crippen LogP contribution in [0.3, 0.4) is 0 Å². The van der Waals surface area contributed by atoms with Gasteiger partial charge in [-0.15, -0.1) is 23.7 Å². The van der Waals surface area contributed by atoms with E-state index in [1.807, 2.05) is 0 Å². The van der Waals surface area contributed by atoms with Gasteiger partial charge in [0.1, 0.15) is 5.69 Å². The lowest BCUT2D eigenvalue weighted by molar-refractivity contribution is -0.143. The molecular formula is C18H12ClF4N5O2S2. The van der Waals surface area contributed by atoms with Crippen LogP contribution >= 0.6 is 23.7 Å². The first-order chi connectivity index (χ1) is 14.6. The van der Waals surface area contributed by atoms with Gasteiger partial charge in [0.2, 0.25) is 5.69 Å². The van der Waals surface area contributed by atoms with Crippen LogP contribution in [0.15, 0.2) is 59.3 Å². The van der Waals surface area contributed by atoms with E-state index in [1.54, 1.807) is 23.8 Å². The quantitative estimate of drug-likeness (QED) is 0.417. The number of aromatic nitrogens is 4. The molecule has 32 heavy (non-hydrogen) atoms. The molecule has 7 nitrogen and oxygen atoms in total. The minimum absolute atomic E-state index is 0. The maximum atomic E-state index is 14.9. The smallest absolute Gasteiger partial charge is 0.252 e. The number of alkyl halides is 3. The first-order valence-corrected chi connectivity index (χ1v) is 10.8. The Morgan fingerprint density at radius 2 is 1.66 bits per heavy atom. The van der Waals surface area contributed by atoms with E-state index in [-0.39, 0.29) is 23.7 Å². The lowest BCUT2D eigenvalue weighted by Crippen LogP contribution is -2.14. The monoisotopic (exact) mass is 505 g/mol. The lowest BCUT2D eigenvalue weighted by atomic mass is 10.1. The summed E-state index contributed by atoms with van der Waals surface area (Å²) in [6, 6.07) is 8.28. The standard InChI is InChI=1S/C18H11F4N5O2S2.ClH/c19-15-16(11-3-1-10(2-4-11)13-8-24-9-30-13)27(26-17(15)18(20,21)22)12-5-6-14(25-7-12)31(23,28)29;/h1-9H,(H2,23,28,29);1H. The van der Waals surface area contributed by atoms with E-state index in [1.165, 1.54) is 23.5 Å². The summed E-state index contributed by atoms with van der Waals surface area (Å²) in [6.45, 7) is 0. The fourth-order valence-electron chi connectivity index (χ4n) is 2.83. The number of nitrogens with zero attached hydrogens (tertiary/aromatic N) is 4. The Morgan fingerprint density at radius 3 is 2.16 bits per heavy atom. The highest BCUT2D eigenvalue weighted by Gasteiger charge is 2.40. The number of halogens is 5. The normalized spacial score (nSPS) is 11.9. The molecule has 4 rings (SSSR count). The van der Waals surface area contributed by atoms with Crippen molar-refractivity contribution in [2.75, 3.05) is 0 Å². The summed E-state index contributed by atoms with van der Waals surface area (Å²) >= 11 is 1.37. The Labute approximate surface area is 189 Å². The third-order valence-electron chi connectivity index (χ3n) is 4.23. The van der Waals surface area contributed by atoms with E-state index in [9.17, 15) is 26.0 Å². The number of benzene rings is 1. The third kappa shape index (κ3) is 4.50. The summed E-state index contributed by atoms with van der Waals surface area (Å²) in [7, 11) is -4.12. The number of rotatable bonds is 4. The molecule has 0 saturated heterocycles. The predicted octanol–water partition coefficient (Wildman–Crippen LogP) is 4.28. The predicted molar refractivity (Wildman–Crippen MR) is 111 cm³/mol. The van der Waals surface area contributed by atoms with Crippen molar-refractivity contribution >= 4 is 33.8 Å². The second-order valence-corrected chi connectivity index (χ2v) is 8.66. The Balaban J connectivity index is 0.00000289. The fraction of sp³-hybridized carbons (Fsp3) is 0.0556. The second kappa shape index (κ2) is 8.58. The number of hydrogen-bond acceptors (Lipinski definition) is 6. The van der Waals surface area contributed by atoms with Crippen LogP contribution in [-0.2, 0) is 16.2 Å². The minimum atomic E-state index is -5.04. The van der Waals surface area contributed by atoms with Crippen LogP contribution in [0, 0.1) is 5.82 Å². The first-order valence-electron chi connectivity index (χ1n) is 8.40. The van der Waals surface area contributed by atoms with Gasteiger partial charge in [-0.3, -0.25) is 4.98 Å². The van der Waals surface area contributed by atoms with Crippen molar-refractivity contribution in [3.05, 3.63) is 65.8 Å². The Bertz CT molecular complexity index is 1340. The van der Waals surface area contributed by atoms with E-state index >= 15 is 0 Å². The van der Waals surface area contributed by atoms with Crippen molar-refractivity contribution < 1.29 is 26.0 Å². The molecule has 0 fully saturated rings. The van der Waals surface area contributed by atoms with E-state index in [2.05, 4.69) is 15.1 Å². The molecule has 0 bridgehead atoms. The lowest BCUT2D eigenvalue weighted by Gasteiger charge is -2.08. The van der Waals surface area contributed by atoms with Crippen molar-refractivity contribution in [3.8, 4) is 27.4 Å². The van der Waals surface area contributed by atoms with Crippen LogP contribution in [0.2, 0.25) is 0 Å². The van der Waals surface area contributed by atoms with Crippen LogP contribution in [0.4, 0.5) is 17.6 Å². The highest BCUT2D eigenvalue weighted by Crippen LogP contribution is 2.37. The van der Waals surface area contributed by atoms with Gasteiger partial charge in [-0.05, 0) is 17.7 Å². The minimum Gasteiger partial charge on any atom is -0.252 e. The highest BCUT2D eigenvalue weighted by molar-refractivity contribution is 7.89. The van der Waals surface area contributed by atoms with Crippen LogP contribution in [-0.4, -0.2) is 28.2 Å². The Kier molecular flexibility index (Phi) is 6.38. The van der Waals surface area contributed by atoms with Crippen LogP contribution in [0.1, 0.15) is 5.69 Å². The zero-order chi connectivity index (χ0) is 22.4. The van der Waals surface area contributed by atoms with Crippen LogP contribution in [0.25, 0.3) is 27.4 Å². The van der Waals surface area contributed by atoms with Gasteiger partial charge in [-0.25, -0.2) is 27.6 Å². The number of sulfonamides is 1. The summed E-state index contributed by atoms with van der Waals surface area (Å²) < 4.78 is 78.2. The van der Waals surface area contributed by atoms with Gasteiger partial charge >= 0.3 is 6.18 Å². The van der Waals surface area contributed by atoms with E-state index in [0.29, 0.717) is 0 Å². The molecule has 168 valence electrons. The average Bonchev–Trinajstić information content (AvgIpc) is 3.35. The summed E-state index contributed by atoms with van der Waals surface area (Å²) in [6.07, 6.45) is -2.47. The van der Waals surface area contributed by atoms with Gasteiger partial charge < -0.3 is 0 Å². The van der Waals surface area contributed by atoms with Crippen molar-refractivity contribution in [1.29, 1.82) is 0 Å². The third-order valence-corrected chi connectivity index (χ3v) is 5.87. The Morgan fingerprint density at radius 1 is 1.00 bits per heavy atom. The molecule has 0 aliphatic heterocycles. The molecule has 0 amide bonds. The molecular weight excluding hydrogens is 494 g/mol. The molecule has 2 N–H and O–H groups in total. The van der Waals surface area contributed by atoms with Crippen LogP contribution < -0.4 is 5.14 Å². The SMILES string of the molecule is Cl.NS(=O)(=O)c1ccc(-n2nc(C(F)(F)F)c(F)c2-c2ccc(-c3cncs3)cc2)cn1. The zero-order valence-electron chi connectivity index (χ0n) is 15.6. The number of pyridine rings is 1. The van der Waals surface area contributed by atoms with Gasteiger partial charge in [-0.1, -0.05) is 24.3 Å². The van der Waals surface area contributed by atoms with Gasteiger partial charge in [0.15, 0.2) is 10.8 Å². The van der Waals surface area contributed by atoms with Crippen LogP contribution in [0.5, 0.6) is 0 Å². The van der Waals surface area contributed by atoms with Gasteiger partial charge in [0, 0.05) is 11.8 Å². The molecule has 14 heteroatoms. The van der Waals surface area contributed by atoms with Gasteiger partial charge in [0.25, 0.3) is 10.0 Å². The molecule has 0 radical (unpaired) electrons. The molecule has 1 aromatic carbocycles. The van der Waals surface area contributed by atoms with Crippen molar-refractivity contribution in [1.82, 2.24) is 19.7 Å². The average molecular weight is 506 g/mol. The molecule has 4 aromatic rings. The number of primary sulfonamides is 1. The maximum absolute atomic E-state index is 14.9. The van der Waals surface area contributed by atoms with Gasteiger partial charge in [-0.2, -0.15) is 18.3 Å². The fourth-order valence-corrected chi connectivity index (χ4v) is 3.92. The summed E-state index contributed by atoms with van der Waals surface area (Å²) in [5.74, 6) is -1.56. The molecule has 0 unspecified atom stereocenters. The highest BCUT2D eigenvalue weighted by atomic mass is 35.5. The number of hydrogen-bond donors (Lipinski definition) is 1. The molecule has 0 saturated carbocycles. The van der Waals surface area contributed by atoms with E-state index in [4.69, 9.17) is 5.14 Å². The van der Waals surface area contributed by atoms with Crippen molar-refractivity contribution in [2.45, 2.75) is 11.2 Å². The molecule has 3 heterocycles. The summed E-state index contributed by atoms with van der Waals surface area (Å²) in [5.41, 5.74) is 0.282. The molecule has 0 atom stereocenters. The Hall–Kier alpha value is -2.87. The second-order valence-electron chi connectivity index (χ2n) is 6.26. The number of nitrogens with two attached hydrogens (primary N) is 1. The first kappa shape index (κ1) is 23.8. The maximum Gasteiger partial charge on any atom is 0.438 e. The zero-order valence-corrected chi connectivity index (χ0v) is 18.1. The molecule has 0 spiro atoms. The summed E-state index contributed by atoms with van der Waals surface area (Å²) in [4.78, 5) is 8.42. The van der Waals surface area contributed by atoms with E-state index in [0.717, 1.165) is 33.5 Å². The van der Waals surface area contributed by atoms with Crippen molar-refractivity contribution in [3.63, 3.8) is 0 Å². The van der Waals surface area contributed by atoms with Crippen molar-refractivity contribution in [2.24, 2.45) is 5.14 Å². The molecule has 0 aliphatic rings. The number of thiazole rings is 1. The summed E-state index contributed by atoms with van der Waals surface area (Å²) in [5, 5.41) is 7.87. The largest absolute Gasteiger partial charge is 0.438 e. The van der Waals surface area contributed by atoms with Gasteiger partial charge in [0.05, 0.1) is 22.3 Å². The molecule has 0 aliphatic carbocycles. The topological polar surface area (TPSA) is 104 Å². The van der Waals surface area contributed by atoms with E-state index < -0.39 is 38.4 Å². The molecule has 3 aromatic heterocycles.